The fourth-order valence-electron chi connectivity index (χ4n) is 1.16. The maximum Gasteiger partial charge on any atom is 0.303 e. The summed E-state index contributed by atoms with van der Waals surface area (Å²) in [6, 6.07) is 5.86. The lowest BCUT2D eigenvalue weighted by molar-refractivity contribution is -0.137. The third-order valence-corrected chi connectivity index (χ3v) is 4.02. The van der Waals surface area contributed by atoms with Gasteiger partial charge in [-0.15, -0.1) is 11.8 Å². The lowest BCUT2D eigenvalue weighted by Crippen LogP contribution is -1.94. The van der Waals surface area contributed by atoms with Crippen LogP contribution in [0.5, 0.6) is 0 Å². The number of carboxylic acids is 1. The molecule has 16 heavy (non-hydrogen) atoms. The summed E-state index contributed by atoms with van der Waals surface area (Å²) in [5.74, 6) is 0.0770. The predicted octanol–water partition coefficient (Wildman–Crippen LogP) is 4.19. The van der Waals surface area contributed by atoms with Crippen LogP contribution in [0.2, 0.25) is 5.02 Å². The number of hydrogen-bond donors (Lipinski definition) is 1. The molecule has 0 aliphatic heterocycles. The van der Waals surface area contributed by atoms with Crippen molar-refractivity contribution in [3.63, 3.8) is 0 Å². The van der Waals surface area contributed by atoms with Crippen LogP contribution in [-0.4, -0.2) is 16.8 Å². The van der Waals surface area contributed by atoms with E-state index < -0.39 is 5.97 Å². The monoisotopic (exact) mass is 322 g/mol. The molecule has 0 radical (unpaired) electrons. The Hall–Kier alpha value is -0.190. The highest BCUT2D eigenvalue weighted by atomic mass is 79.9. The van der Waals surface area contributed by atoms with Gasteiger partial charge in [-0.2, -0.15) is 0 Å². The van der Waals surface area contributed by atoms with Gasteiger partial charge in [0.15, 0.2) is 0 Å². The van der Waals surface area contributed by atoms with Crippen LogP contribution in [0.25, 0.3) is 0 Å². The second kappa shape index (κ2) is 7.20. The Bertz CT molecular complexity index is 371. The first-order chi connectivity index (χ1) is 7.63. The van der Waals surface area contributed by atoms with Gasteiger partial charge in [-0.25, -0.2) is 0 Å². The van der Waals surface area contributed by atoms with E-state index in [0.29, 0.717) is 6.42 Å². The maximum absolute atomic E-state index is 10.3. The molecule has 1 rings (SSSR count). The molecule has 1 aromatic rings. The molecule has 0 bridgehead atoms. The molecule has 0 atom stereocenters. The van der Waals surface area contributed by atoms with Gasteiger partial charge in [-0.3, -0.25) is 4.79 Å². The quantitative estimate of drug-likeness (QED) is 0.484. The third-order valence-electron chi connectivity index (χ3n) is 1.96. The summed E-state index contributed by atoms with van der Waals surface area (Å²) in [7, 11) is 0. The number of rotatable bonds is 6. The lowest BCUT2D eigenvalue weighted by atomic mass is 10.2. The van der Waals surface area contributed by atoms with E-state index in [4.69, 9.17) is 16.7 Å². The van der Waals surface area contributed by atoms with Crippen molar-refractivity contribution in [1.82, 2.24) is 0 Å². The van der Waals surface area contributed by atoms with Gasteiger partial charge < -0.3 is 5.11 Å². The van der Waals surface area contributed by atoms with Crippen LogP contribution in [0.1, 0.15) is 18.4 Å². The van der Waals surface area contributed by atoms with Crippen molar-refractivity contribution in [3.05, 3.63) is 28.8 Å². The standard InChI is InChI=1S/C11H12BrClO2S/c12-7-8-6-9(3-4-10(8)13)16-5-1-2-11(14)15/h3-4,6H,1-2,5,7H2,(H,14,15). The van der Waals surface area contributed by atoms with Crippen molar-refractivity contribution < 1.29 is 9.90 Å². The number of alkyl halides is 1. The molecule has 1 aromatic carbocycles. The molecule has 0 unspecified atom stereocenters. The minimum atomic E-state index is -0.738. The number of thioether (sulfide) groups is 1. The van der Waals surface area contributed by atoms with E-state index in [1.807, 2.05) is 18.2 Å². The average molecular weight is 324 g/mol. The molecule has 0 saturated heterocycles. The second-order valence-electron chi connectivity index (χ2n) is 3.23. The highest BCUT2D eigenvalue weighted by Crippen LogP contribution is 2.26. The Morgan fingerprint density at radius 3 is 2.88 bits per heavy atom. The van der Waals surface area contributed by atoms with Crippen molar-refractivity contribution in [2.24, 2.45) is 0 Å². The zero-order valence-corrected chi connectivity index (χ0v) is 11.7. The fraction of sp³-hybridized carbons (Fsp3) is 0.364. The van der Waals surface area contributed by atoms with Crippen molar-refractivity contribution in [2.45, 2.75) is 23.1 Å². The fourth-order valence-corrected chi connectivity index (χ4v) is 2.88. The highest BCUT2D eigenvalue weighted by molar-refractivity contribution is 9.08. The van der Waals surface area contributed by atoms with Gasteiger partial charge in [0.2, 0.25) is 0 Å². The van der Waals surface area contributed by atoms with Crippen molar-refractivity contribution in [2.75, 3.05) is 5.75 Å². The van der Waals surface area contributed by atoms with E-state index >= 15 is 0 Å². The molecule has 5 heteroatoms. The van der Waals surface area contributed by atoms with Crippen LogP contribution in [-0.2, 0) is 10.1 Å². The van der Waals surface area contributed by atoms with Crippen LogP contribution in [0.15, 0.2) is 23.1 Å². The Morgan fingerprint density at radius 1 is 1.50 bits per heavy atom. The molecular formula is C11H12BrClO2S. The second-order valence-corrected chi connectivity index (χ2v) is 5.37. The van der Waals surface area contributed by atoms with Gasteiger partial charge in [-0.1, -0.05) is 27.5 Å². The Morgan fingerprint density at radius 2 is 2.25 bits per heavy atom. The number of halogens is 2. The zero-order valence-electron chi connectivity index (χ0n) is 8.58. The van der Waals surface area contributed by atoms with Crippen molar-refractivity contribution in [3.8, 4) is 0 Å². The van der Waals surface area contributed by atoms with Gasteiger partial charge in [0, 0.05) is 21.7 Å². The largest absolute Gasteiger partial charge is 0.481 e. The summed E-state index contributed by atoms with van der Waals surface area (Å²) in [6.07, 6.45) is 0.915. The SMILES string of the molecule is O=C(O)CCCSc1ccc(Cl)c(CBr)c1. The number of carbonyl (C=O) groups is 1. The summed E-state index contributed by atoms with van der Waals surface area (Å²) in [5.41, 5.74) is 1.06. The van der Waals surface area contributed by atoms with E-state index in [0.717, 1.165) is 26.6 Å². The van der Waals surface area contributed by atoms with E-state index in [1.54, 1.807) is 11.8 Å². The molecule has 0 aliphatic carbocycles. The molecule has 0 aliphatic rings. The molecule has 0 heterocycles. The van der Waals surface area contributed by atoms with E-state index in [2.05, 4.69) is 15.9 Å². The minimum absolute atomic E-state index is 0.228. The number of hydrogen-bond acceptors (Lipinski definition) is 2. The summed E-state index contributed by atoms with van der Waals surface area (Å²) < 4.78 is 0. The van der Waals surface area contributed by atoms with Crippen LogP contribution < -0.4 is 0 Å². The highest BCUT2D eigenvalue weighted by Gasteiger charge is 2.02. The Labute approximate surface area is 113 Å². The topological polar surface area (TPSA) is 37.3 Å². The number of aliphatic carboxylic acids is 1. The van der Waals surface area contributed by atoms with Gasteiger partial charge in [0.05, 0.1) is 0 Å². The van der Waals surface area contributed by atoms with Crippen LogP contribution in [0, 0.1) is 0 Å². The first kappa shape index (κ1) is 13.9. The molecule has 0 spiro atoms. The minimum Gasteiger partial charge on any atom is -0.481 e. The van der Waals surface area contributed by atoms with Gasteiger partial charge in [0.25, 0.3) is 0 Å². The molecular weight excluding hydrogens is 312 g/mol. The van der Waals surface area contributed by atoms with Gasteiger partial charge >= 0.3 is 5.97 Å². The molecule has 0 amide bonds. The summed E-state index contributed by atoms with van der Waals surface area (Å²) in [6.45, 7) is 0. The van der Waals surface area contributed by atoms with Crippen LogP contribution >= 0.6 is 39.3 Å². The van der Waals surface area contributed by atoms with Gasteiger partial charge in [0.1, 0.15) is 0 Å². The Balaban J connectivity index is 2.45. The number of benzene rings is 1. The molecule has 0 fully saturated rings. The molecule has 0 saturated carbocycles. The maximum atomic E-state index is 10.3. The first-order valence-electron chi connectivity index (χ1n) is 4.82. The smallest absolute Gasteiger partial charge is 0.303 e. The molecule has 1 N–H and O–H groups in total. The van der Waals surface area contributed by atoms with Crippen molar-refractivity contribution in [1.29, 1.82) is 0 Å². The zero-order chi connectivity index (χ0) is 12.0. The van der Waals surface area contributed by atoms with Gasteiger partial charge in [-0.05, 0) is 35.9 Å². The first-order valence-corrected chi connectivity index (χ1v) is 7.31. The summed E-state index contributed by atoms with van der Waals surface area (Å²) >= 11 is 11.0. The van der Waals surface area contributed by atoms with E-state index in [1.165, 1.54) is 0 Å². The lowest BCUT2D eigenvalue weighted by Gasteiger charge is -2.04. The number of carboxylic acid groups (broad SMARTS) is 1. The molecule has 88 valence electrons. The van der Waals surface area contributed by atoms with E-state index in [-0.39, 0.29) is 6.42 Å². The van der Waals surface area contributed by atoms with Crippen molar-refractivity contribution >= 4 is 45.3 Å². The van der Waals surface area contributed by atoms with Crippen LogP contribution in [0.3, 0.4) is 0 Å². The predicted molar refractivity (Wildman–Crippen MR) is 71.7 cm³/mol. The molecule has 2 nitrogen and oxygen atoms in total. The third kappa shape index (κ3) is 4.76. The summed E-state index contributed by atoms with van der Waals surface area (Å²) in [4.78, 5) is 11.5. The average Bonchev–Trinajstić information content (AvgIpc) is 2.26. The Kier molecular flexibility index (Phi) is 6.24. The summed E-state index contributed by atoms with van der Waals surface area (Å²) in [5, 5.41) is 9.98. The van der Waals surface area contributed by atoms with E-state index in [9.17, 15) is 4.79 Å². The normalized spacial score (nSPS) is 10.4. The molecule has 0 aromatic heterocycles. The van der Waals surface area contributed by atoms with Crippen LogP contribution in [0.4, 0.5) is 0 Å².